The molecule has 0 aliphatic heterocycles. The summed E-state index contributed by atoms with van der Waals surface area (Å²) < 4.78 is 5.04. The molecular weight excluding hydrogens is 374 g/mol. The predicted molar refractivity (Wildman–Crippen MR) is 112 cm³/mol. The van der Waals surface area contributed by atoms with Crippen LogP contribution in [0, 0.1) is 13.8 Å². The number of aromatic hydroxyl groups is 1. The lowest BCUT2D eigenvalue weighted by atomic mass is 10.1. The first-order chi connectivity index (χ1) is 13.5. The van der Waals surface area contributed by atoms with E-state index in [0.29, 0.717) is 11.3 Å². The van der Waals surface area contributed by atoms with Crippen LogP contribution in [0.1, 0.15) is 16.7 Å². The van der Waals surface area contributed by atoms with Crippen LogP contribution in [0.2, 0.25) is 0 Å². The molecule has 0 fully saturated rings. The average molecular weight is 395 g/mol. The molecule has 28 heavy (non-hydrogen) atoms. The molecule has 3 rings (SSSR count). The van der Waals surface area contributed by atoms with Gasteiger partial charge in [0.25, 0.3) is 0 Å². The van der Waals surface area contributed by atoms with Gasteiger partial charge in [-0.05, 0) is 54.8 Å². The minimum Gasteiger partial charge on any atom is -0.504 e. The molecule has 0 atom stereocenters. The molecular formula is C21H21N3O3S. The second-order valence-corrected chi connectivity index (χ2v) is 7.26. The summed E-state index contributed by atoms with van der Waals surface area (Å²) >= 11 is 1.37. The highest BCUT2D eigenvalue weighted by molar-refractivity contribution is 7.99. The fraction of sp³-hybridized carbons (Fsp3) is 0.190. The number of methoxy groups -OCH3 is 1. The number of fused-ring (bicyclic) bond motifs is 1. The predicted octanol–water partition coefficient (Wildman–Crippen LogP) is 3.81. The van der Waals surface area contributed by atoms with Crippen molar-refractivity contribution in [2.24, 2.45) is 5.10 Å². The van der Waals surface area contributed by atoms with Gasteiger partial charge in [-0.15, -0.1) is 0 Å². The van der Waals surface area contributed by atoms with Gasteiger partial charge < -0.3 is 9.84 Å². The third kappa shape index (κ3) is 4.61. The molecule has 0 radical (unpaired) electrons. The summed E-state index contributed by atoms with van der Waals surface area (Å²) in [6.07, 6.45) is 1.49. The summed E-state index contributed by atoms with van der Waals surface area (Å²) in [4.78, 5) is 16.7. The van der Waals surface area contributed by atoms with Crippen molar-refractivity contribution >= 4 is 34.8 Å². The zero-order valence-electron chi connectivity index (χ0n) is 15.9. The number of thioether (sulfide) groups is 1. The number of aryl methyl sites for hydroxylation is 2. The van der Waals surface area contributed by atoms with E-state index in [-0.39, 0.29) is 17.4 Å². The van der Waals surface area contributed by atoms with Gasteiger partial charge >= 0.3 is 0 Å². The Labute approximate surface area is 167 Å². The van der Waals surface area contributed by atoms with Crippen molar-refractivity contribution < 1.29 is 14.6 Å². The second kappa shape index (κ2) is 8.75. The van der Waals surface area contributed by atoms with E-state index in [2.05, 4.69) is 21.6 Å². The van der Waals surface area contributed by atoms with Crippen LogP contribution in [0.25, 0.3) is 10.9 Å². The molecule has 3 aromatic rings. The Bertz CT molecular complexity index is 1050. The highest BCUT2D eigenvalue weighted by Gasteiger charge is 2.08. The lowest BCUT2D eigenvalue weighted by molar-refractivity contribution is -0.118. The number of ether oxygens (including phenoxy) is 1. The molecule has 0 saturated carbocycles. The molecule has 2 N–H and O–H groups in total. The van der Waals surface area contributed by atoms with E-state index >= 15 is 0 Å². The van der Waals surface area contributed by atoms with Gasteiger partial charge in [0.05, 0.1) is 29.6 Å². The van der Waals surface area contributed by atoms with Crippen molar-refractivity contribution in [1.82, 2.24) is 10.4 Å². The van der Waals surface area contributed by atoms with Gasteiger partial charge in [-0.3, -0.25) is 4.79 Å². The first kappa shape index (κ1) is 19.7. The Morgan fingerprint density at radius 2 is 2.07 bits per heavy atom. The van der Waals surface area contributed by atoms with Crippen LogP contribution in [0.5, 0.6) is 11.5 Å². The molecule has 0 aliphatic carbocycles. The number of nitrogens with one attached hydrogen (secondary N) is 1. The second-order valence-electron chi connectivity index (χ2n) is 6.26. The van der Waals surface area contributed by atoms with Gasteiger partial charge in [-0.1, -0.05) is 30.0 Å². The van der Waals surface area contributed by atoms with Crippen LogP contribution in [-0.2, 0) is 4.79 Å². The molecule has 2 aromatic carbocycles. The number of hydrazone groups is 1. The van der Waals surface area contributed by atoms with E-state index in [9.17, 15) is 9.90 Å². The van der Waals surface area contributed by atoms with Crippen LogP contribution in [0.3, 0.4) is 0 Å². The molecule has 0 unspecified atom stereocenters. The van der Waals surface area contributed by atoms with Gasteiger partial charge in [0.15, 0.2) is 11.5 Å². The molecule has 0 bridgehead atoms. The Morgan fingerprint density at radius 3 is 2.86 bits per heavy atom. The zero-order valence-corrected chi connectivity index (χ0v) is 16.7. The minimum atomic E-state index is -0.226. The summed E-state index contributed by atoms with van der Waals surface area (Å²) in [5, 5.41) is 15.5. The van der Waals surface area contributed by atoms with Crippen molar-refractivity contribution in [1.29, 1.82) is 0 Å². The number of phenolic OH excluding ortho intramolecular Hbond substituents is 1. The molecule has 1 amide bonds. The van der Waals surface area contributed by atoms with E-state index in [1.165, 1.54) is 31.2 Å². The number of hydrogen-bond acceptors (Lipinski definition) is 6. The monoisotopic (exact) mass is 395 g/mol. The molecule has 0 spiro atoms. The van der Waals surface area contributed by atoms with Crippen LogP contribution in [0.15, 0.2) is 52.6 Å². The van der Waals surface area contributed by atoms with Crippen LogP contribution in [0.4, 0.5) is 0 Å². The summed E-state index contributed by atoms with van der Waals surface area (Å²) in [7, 11) is 1.47. The van der Waals surface area contributed by atoms with Gasteiger partial charge in [-0.2, -0.15) is 5.10 Å². The number of pyridine rings is 1. The van der Waals surface area contributed by atoms with Crippen molar-refractivity contribution in [2.45, 2.75) is 18.9 Å². The Kier molecular flexibility index (Phi) is 6.16. The summed E-state index contributed by atoms with van der Waals surface area (Å²) in [6.45, 7) is 4.08. The normalized spacial score (nSPS) is 11.1. The van der Waals surface area contributed by atoms with Gasteiger partial charge in [-0.25, -0.2) is 10.4 Å². The molecule has 6 nitrogen and oxygen atoms in total. The number of para-hydroxylation sites is 1. The first-order valence-corrected chi connectivity index (χ1v) is 9.65. The maximum atomic E-state index is 12.1. The largest absolute Gasteiger partial charge is 0.504 e. The quantitative estimate of drug-likeness (QED) is 0.377. The number of hydrogen-bond donors (Lipinski definition) is 2. The highest BCUT2D eigenvalue weighted by atomic mass is 32.2. The average Bonchev–Trinajstić information content (AvgIpc) is 2.68. The number of nitrogens with zero attached hydrogens (tertiary/aromatic N) is 2. The molecule has 1 aromatic heterocycles. The van der Waals surface area contributed by atoms with E-state index in [4.69, 9.17) is 4.74 Å². The fourth-order valence-corrected chi connectivity index (χ4v) is 3.49. The summed E-state index contributed by atoms with van der Waals surface area (Å²) in [6, 6.07) is 12.9. The van der Waals surface area contributed by atoms with E-state index in [0.717, 1.165) is 27.1 Å². The number of phenols is 1. The van der Waals surface area contributed by atoms with Crippen molar-refractivity contribution in [2.75, 3.05) is 12.9 Å². The molecule has 0 aliphatic rings. The highest BCUT2D eigenvalue weighted by Crippen LogP contribution is 2.26. The van der Waals surface area contributed by atoms with Gasteiger partial charge in [0, 0.05) is 5.39 Å². The number of carbonyl (C=O) groups is 1. The van der Waals surface area contributed by atoms with Crippen molar-refractivity contribution in [3.63, 3.8) is 0 Å². The van der Waals surface area contributed by atoms with E-state index in [1.54, 1.807) is 12.1 Å². The lowest BCUT2D eigenvalue weighted by Gasteiger charge is -2.08. The summed E-state index contributed by atoms with van der Waals surface area (Å²) in [5.74, 6) is 0.378. The van der Waals surface area contributed by atoms with Gasteiger partial charge in [0.2, 0.25) is 5.91 Å². The lowest BCUT2D eigenvalue weighted by Crippen LogP contribution is -2.19. The summed E-state index contributed by atoms with van der Waals surface area (Å²) in [5.41, 5.74) is 6.40. The third-order valence-corrected chi connectivity index (χ3v) is 5.09. The zero-order chi connectivity index (χ0) is 20.1. The number of amides is 1. The smallest absolute Gasteiger partial charge is 0.250 e. The molecule has 1 heterocycles. The minimum absolute atomic E-state index is 0.0495. The van der Waals surface area contributed by atoms with Crippen LogP contribution < -0.4 is 10.2 Å². The SMILES string of the molecule is COc1cc(/C=N\NC(=O)CSc2cc(C)c3cccc(C)c3n2)ccc1O. The Hall–Kier alpha value is -3.06. The maximum Gasteiger partial charge on any atom is 0.250 e. The number of rotatable bonds is 6. The Morgan fingerprint density at radius 1 is 1.25 bits per heavy atom. The topological polar surface area (TPSA) is 83.8 Å². The number of aromatic nitrogens is 1. The third-order valence-electron chi connectivity index (χ3n) is 4.18. The molecule has 7 heteroatoms. The van der Waals surface area contributed by atoms with Crippen LogP contribution >= 0.6 is 11.8 Å². The molecule has 144 valence electrons. The first-order valence-electron chi connectivity index (χ1n) is 8.66. The maximum absolute atomic E-state index is 12.1. The van der Waals surface area contributed by atoms with E-state index in [1.807, 2.05) is 32.0 Å². The molecule has 0 saturated heterocycles. The Balaban J connectivity index is 1.60. The number of carbonyl (C=O) groups excluding carboxylic acids is 1. The number of benzene rings is 2. The van der Waals surface area contributed by atoms with Crippen molar-refractivity contribution in [3.05, 3.63) is 59.2 Å². The van der Waals surface area contributed by atoms with Crippen molar-refractivity contribution in [3.8, 4) is 11.5 Å². The van der Waals surface area contributed by atoms with Gasteiger partial charge in [0.1, 0.15) is 0 Å². The standard InChI is InChI=1S/C21H21N3O3S/c1-13-5-4-6-16-14(2)9-20(23-21(13)16)28-12-19(26)24-22-11-15-7-8-17(25)18(10-15)27-3/h4-11,25H,12H2,1-3H3,(H,24,26)/b22-11-. The van der Waals surface area contributed by atoms with E-state index < -0.39 is 0 Å². The fourth-order valence-electron chi connectivity index (χ4n) is 2.73. The van der Waals surface area contributed by atoms with Crippen LogP contribution in [-0.4, -0.2) is 35.1 Å².